The first kappa shape index (κ1) is 85.5. The van der Waals surface area contributed by atoms with Gasteiger partial charge in [0.2, 0.25) is 5.91 Å². The van der Waals surface area contributed by atoms with Crippen molar-refractivity contribution in [1.29, 1.82) is 0 Å². The summed E-state index contributed by atoms with van der Waals surface area (Å²) in [4.78, 5) is 13.3. The van der Waals surface area contributed by atoms with E-state index in [2.05, 4.69) is 129 Å². The molecule has 2 fully saturated rings. The van der Waals surface area contributed by atoms with Crippen LogP contribution in [0.2, 0.25) is 0 Å². The molecular formula is C79H135NO13. The zero-order valence-corrected chi connectivity index (χ0v) is 58.2. The van der Waals surface area contributed by atoms with Crippen LogP contribution >= 0.6 is 0 Å². The van der Waals surface area contributed by atoms with E-state index in [0.717, 1.165) is 83.5 Å². The van der Waals surface area contributed by atoms with E-state index in [0.29, 0.717) is 12.8 Å². The van der Waals surface area contributed by atoms with Gasteiger partial charge in [-0.15, -0.1) is 0 Å². The number of aliphatic hydroxyl groups excluding tert-OH is 8. The molecule has 12 unspecified atom stereocenters. The predicted octanol–water partition coefficient (Wildman–Crippen LogP) is 16.1. The summed E-state index contributed by atoms with van der Waals surface area (Å²) in [5.74, 6) is -0.251. The first-order valence-corrected chi connectivity index (χ1v) is 37.3. The largest absolute Gasteiger partial charge is 0.394 e. The molecule has 0 aromatic rings. The van der Waals surface area contributed by atoms with Crippen molar-refractivity contribution in [1.82, 2.24) is 5.32 Å². The highest BCUT2D eigenvalue weighted by Crippen LogP contribution is 2.30. The second kappa shape index (κ2) is 61.9. The third-order valence-electron chi connectivity index (χ3n) is 17.4. The highest BCUT2D eigenvalue weighted by Gasteiger charge is 2.51. The summed E-state index contributed by atoms with van der Waals surface area (Å²) in [5, 5.41) is 87.4. The molecule has 2 aliphatic heterocycles. The molecule has 14 nitrogen and oxygen atoms in total. The maximum atomic E-state index is 13.3. The van der Waals surface area contributed by atoms with Gasteiger partial charge in [0.05, 0.1) is 32.0 Å². The SMILES string of the molecule is CC/C=C\C/C=C\C/C=C\C/C=C\C/C=C\C/C=C\C/C=C\C/C=C\CCCCCCCCCCCCCCCCCCC(=O)NC(COC1OC(CO)C(OC2OC(CO)C(O)C(O)C2O)C(O)C1O)C(O)/C=C/CC/C=C/CCCCCCCCCCCCCC. The van der Waals surface area contributed by atoms with E-state index in [1.807, 2.05) is 6.08 Å². The fourth-order valence-electron chi connectivity index (χ4n) is 11.5. The van der Waals surface area contributed by atoms with Crippen molar-refractivity contribution in [2.75, 3.05) is 19.8 Å². The van der Waals surface area contributed by atoms with Gasteiger partial charge in [0.1, 0.15) is 48.8 Å². The van der Waals surface area contributed by atoms with Crippen molar-refractivity contribution < 1.29 is 64.6 Å². The fourth-order valence-corrected chi connectivity index (χ4v) is 11.5. The molecule has 0 bridgehead atoms. The van der Waals surface area contributed by atoms with E-state index >= 15 is 0 Å². The minimum absolute atomic E-state index is 0.251. The summed E-state index contributed by atoms with van der Waals surface area (Å²) in [6, 6.07) is -0.938. The number of rotatable bonds is 60. The van der Waals surface area contributed by atoms with Crippen molar-refractivity contribution in [3.8, 4) is 0 Å². The van der Waals surface area contributed by atoms with Crippen molar-refractivity contribution in [3.05, 3.63) is 122 Å². The van der Waals surface area contributed by atoms with Crippen LogP contribution in [0.5, 0.6) is 0 Å². The number of carbonyl (C=O) groups excluding carboxylic acids is 1. The van der Waals surface area contributed by atoms with Gasteiger partial charge in [-0.2, -0.15) is 0 Å². The van der Waals surface area contributed by atoms with E-state index < -0.39 is 86.8 Å². The Balaban J connectivity index is 1.60. The smallest absolute Gasteiger partial charge is 0.220 e. The second-order valence-corrected chi connectivity index (χ2v) is 25.7. The zero-order chi connectivity index (χ0) is 67.3. The molecule has 1 amide bonds. The van der Waals surface area contributed by atoms with E-state index in [-0.39, 0.29) is 18.9 Å². The number of hydrogen-bond acceptors (Lipinski definition) is 13. The molecule has 0 spiro atoms. The van der Waals surface area contributed by atoms with E-state index in [4.69, 9.17) is 18.9 Å². The monoisotopic (exact) mass is 1310 g/mol. The zero-order valence-electron chi connectivity index (χ0n) is 58.2. The lowest BCUT2D eigenvalue weighted by molar-refractivity contribution is -0.359. The normalized spacial score (nSPS) is 23.3. The lowest BCUT2D eigenvalue weighted by atomic mass is 9.97. The van der Waals surface area contributed by atoms with Crippen LogP contribution in [-0.2, 0) is 23.7 Å². The van der Waals surface area contributed by atoms with Gasteiger partial charge < -0.3 is 65.1 Å². The molecule has 9 N–H and O–H groups in total. The lowest BCUT2D eigenvalue weighted by Crippen LogP contribution is -2.65. The summed E-state index contributed by atoms with van der Waals surface area (Å²) >= 11 is 0. The van der Waals surface area contributed by atoms with E-state index in [1.165, 1.54) is 161 Å². The van der Waals surface area contributed by atoms with Gasteiger partial charge >= 0.3 is 0 Å². The Bertz CT molecular complexity index is 2030. The number of allylic oxidation sites excluding steroid dienone is 19. The quantitative estimate of drug-likeness (QED) is 0.0204. The molecule has 2 aliphatic rings. The Kier molecular flexibility index (Phi) is 56.9. The van der Waals surface area contributed by atoms with Gasteiger partial charge in [0, 0.05) is 6.42 Å². The maximum absolute atomic E-state index is 13.3. The number of hydrogen-bond donors (Lipinski definition) is 9. The van der Waals surface area contributed by atoms with Crippen LogP contribution in [0.3, 0.4) is 0 Å². The van der Waals surface area contributed by atoms with E-state index in [1.54, 1.807) is 6.08 Å². The summed E-state index contributed by atoms with van der Waals surface area (Å²) in [6.45, 7) is 2.68. The van der Waals surface area contributed by atoms with Gasteiger partial charge in [-0.3, -0.25) is 4.79 Å². The fraction of sp³-hybridized carbons (Fsp3) is 0.734. The van der Waals surface area contributed by atoms with Gasteiger partial charge in [-0.05, 0) is 96.3 Å². The van der Waals surface area contributed by atoms with Crippen LogP contribution in [0.15, 0.2) is 122 Å². The number of amides is 1. The average molecular weight is 1310 g/mol. The predicted molar refractivity (Wildman–Crippen MR) is 382 cm³/mol. The standard InChI is InChI=1S/C79H135NO13/c1-3-5-7-9-11-13-15-17-19-21-23-24-25-26-27-28-29-30-31-32-33-34-35-36-37-38-39-40-41-42-43-44-45-47-49-51-53-55-57-59-61-63-71(84)80-67(68(83)62-60-58-56-54-52-50-48-46-22-20-18-16-14-12-10-8-6-4-2)66-90-78-76(89)74(87)77(70(65-82)92-78)93-79-75(88)73(86)72(85)69(64-81)91-79/h5,7,11,13,17,19,23-24,26-27,29-30,32-33,35-36,52,54,60,62,67-70,72-79,81-83,85-89H,3-4,6,8-10,12,14-16,18,20-22,25,28,31,34,37-51,53,55-59,61,63-66H2,1-2H3,(H,80,84)/b7-5-,13-11-,19-17-,24-23-,27-26-,30-29-,33-32-,36-35-,54-52+,62-60+. The average Bonchev–Trinajstić information content (AvgIpc) is 0.958. The van der Waals surface area contributed by atoms with Gasteiger partial charge in [0.25, 0.3) is 0 Å². The maximum Gasteiger partial charge on any atom is 0.220 e. The van der Waals surface area contributed by atoms with Crippen LogP contribution in [-0.4, -0.2) is 140 Å². The molecule has 0 saturated carbocycles. The van der Waals surface area contributed by atoms with Crippen molar-refractivity contribution in [3.63, 3.8) is 0 Å². The number of carbonyl (C=O) groups is 1. The molecule has 0 aliphatic carbocycles. The third kappa shape index (κ3) is 45.5. The number of unbranched alkanes of at least 4 members (excludes halogenated alkanes) is 29. The van der Waals surface area contributed by atoms with Crippen molar-refractivity contribution in [2.45, 2.75) is 351 Å². The van der Waals surface area contributed by atoms with Crippen LogP contribution in [0, 0.1) is 0 Å². The van der Waals surface area contributed by atoms with Gasteiger partial charge in [-0.25, -0.2) is 0 Å². The van der Waals surface area contributed by atoms with E-state index in [9.17, 15) is 45.6 Å². The number of ether oxygens (including phenoxy) is 4. The summed E-state index contributed by atoms with van der Waals surface area (Å²) in [6.07, 6.45) is 74.1. The molecule has 2 saturated heterocycles. The molecule has 0 aromatic carbocycles. The third-order valence-corrected chi connectivity index (χ3v) is 17.4. The van der Waals surface area contributed by atoms with Crippen LogP contribution in [0.4, 0.5) is 0 Å². The molecule has 12 atom stereocenters. The first-order valence-electron chi connectivity index (χ1n) is 37.3. The molecule has 0 aromatic heterocycles. The highest BCUT2D eigenvalue weighted by atomic mass is 16.7. The lowest BCUT2D eigenvalue weighted by Gasteiger charge is -2.46. The van der Waals surface area contributed by atoms with Gasteiger partial charge in [-0.1, -0.05) is 296 Å². The Morgan fingerprint density at radius 1 is 0.398 bits per heavy atom. The summed E-state index contributed by atoms with van der Waals surface area (Å²) in [7, 11) is 0. The minimum Gasteiger partial charge on any atom is -0.394 e. The Labute approximate surface area is 565 Å². The molecule has 0 radical (unpaired) electrons. The topological polar surface area (TPSA) is 228 Å². The van der Waals surface area contributed by atoms with Crippen molar-refractivity contribution >= 4 is 5.91 Å². The number of nitrogens with one attached hydrogen (secondary N) is 1. The highest BCUT2D eigenvalue weighted by molar-refractivity contribution is 5.76. The number of aliphatic hydroxyl groups is 8. The second-order valence-electron chi connectivity index (χ2n) is 25.7. The Morgan fingerprint density at radius 2 is 0.753 bits per heavy atom. The van der Waals surface area contributed by atoms with Crippen LogP contribution in [0.25, 0.3) is 0 Å². The molecule has 93 heavy (non-hydrogen) atoms. The Morgan fingerprint density at radius 3 is 1.18 bits per heavy atom. The summed E-state index contributed by atoms with van der Waals surface area (Å²) < 4.78 is 22.8. The minimum atomic E-state index is -1.80. The van der Waals surface area contributed by atoms with Gasteiger partial charge in [0.15, 0.2) is 12.6 Å². The molecular weight excluding hydrogens is 1170 g/mol. The molecule has 534 valence electrons. The molecule has 2 heterocycles. The van der Waals surface area contributed by atoms with Crippen molar-refractivity contribution in [2.24, 2.45) is 0 Å². The van der Waals surface area contributed by atoms with Crippen LogP contribution < -0.4 is 5.32 Å². The Hall–Kier alpha value is -3.61. The van der Waals surface area contributed by atoms with Crippen LogP contribution in [0.1, 0.15) is 277 Å². The first-order chi connectivity index (χ1) is 45.6. The molecule has 2 rings (SSSR count). The summed E-state index contributed by atoms with van der Waals surface area (Å²) in [5.41, 5.74) is 0. The molecule has 14 heteroatoms.